The van der Waals surface area contributed by atoms with Crippen LogP contribution in [0.1, 0.15) is 15.2 Å². The van der Waals surface area contributed by atoms with E-state index in [1.54, 1.807) is 12.4 Å². The van der Waals surface area contributed by atoms with Crippen LogP contribution >= 0.6 is 22.9 Å². The summed E-state index contributed by atoms with van der Waals surface area (Å²) in [6, 6.07) is 13.4. The van der Waals surface area contributed by atoms with Gasteiger partial charge in [0.2, 0.25) is 0 Å². The maximum atomic E-state index is 12.2. The topological polar surface area (TPSA) is 54.9 Å². The molecule has 1 amide bonds. The van der Waals surface area contributed by atoms with Gasteiger partial charge in [-0.25, -0.2) is 4.98 Å². The van der Waals surface area contributed by atoms with E-state index in [-0.39, 0.29) is 11.1 Å². The van der Waals surface area contributed by atoms with E-state index >= 15 is 0 Å². The lowest BCUT2D eigenvalue weighted by Gasteiger charge is -2.03. The highest BCUT2D eigenvalue weighted by Crippen LogP contribution is 2.30. The Morgan fingerprint density at radius 3 is 2.73 bits per heavy atom. The van der Waals surface area contributed by atoms with Gasteiger partial charge >= 0.3 is 0 Å². The van der Waals surface area contributed by atoms with Gasteiger partial charge in [-0.15, -0.1) is 11.3 Å². The minimum Gasteiger partial charge on any atom is -0.347 e. The normalized spacial score (nSPS) is 10.4. The first-order valence-electron chi connectivity index (χ1n) is 6.63. The molecule has 0 radical (unpaired) electrons. The average Bonchev–Trinajstić information content (AvgIpc) is 2.96. The molecule has 3 aromatic rings. The fourth-order valence-corrected chi connectivity index (χ4v) is 3.11. The first kappa shape index (κ1) is 14.7. The van der Waals surface area contributed by atoms with Crippen LogP contribution in [0.15, 0.2) is 54.9 Å². The quantitative estimate of drug-likeness (QED) is 0.792. The van der Waals surface area contributed by atoms with Gasteiger partial charge in [-0.1, -0.05) is 41.9 Å². The Hall–Kier alpha value is -2.24. The number of thiazole rings is 1. The first-order valence-corrected chi connectivity index (χ1v) is 7.82. The van der Waals surface area contributed by atoms with E-state index < -0.39 is 0 Å². The maximum Gasteiger partial charge on any atom is 0.264 e. The lowest BCUT2D eigenvalue weighted by atomic mass is 10.2. The Labute approximate surface area is 136 Å². The summed E-state index contributed by atoms with van der Waals surface area (Å²) in [6.45, 7) is 0.454. The number of nitrogens with one attached hydrogen (secondary N) is 1. The molecule has 0 unspecified atom stereocenters. The maximum absolute atomic E-state index is 12.2. The molecule has 4 nitrogen and oxygen atoms in total. The van der Waals surface area contributed by atoms with Gasteiger partial charge in [-0.2, -0.15) is 0 Å². The molecular formula is C16H12ClN3OS. The monoisotopic (exact) mass is 329 g/mol. The van der Waals surface area contributed by atoms with Gasteiger partial charge < -0.3 is 5.32 Å². The van der Waals surface area contributed by atoms with Crippen LogP contribution in [0.25, 0.3) is 10.6 Å². The standard InChI is InChI=1S/C16H12ClN3OS/c17-14-13(15(21)19-9-11-5-2-1-3-6-11)22-16(20-14)12-7-4-8-18-10-12/h1-8,10H,9H2,(H,19,21). The molecule has 110 valence electrons. The average molecular weight is 330 g/mol. The van der Waals surface area contributed by atoms with Crippen LogP contribution < -0.4 is 5.32 Å². The minimum absolute atomic E-state index is 0.217. The van der Waals surface area contributed by atoms with Crippen LogP contribution in [0.4, 0.5) is 0 Å². The zero-order valence-electron chi connectivity index (χ0n) is 11.5. The second-order valence-electron chi connectivity index (χ2n) is 4.55. The molecule has 0 aliphatic carbocycles. The van der Waals surface area contributed by atoms with Crippen LogP contribution in [0.3, 0.4) is 0 Å². The summed E-state index contributed by atoms with van der Waals surface area (Å²) in [5.41, 5.74) is 1.88. The molecule has 6 heteroatoms. The number of amides is 1. The Balaban J connectivity index is 1.74. The first-order chi connectivity index (χ1) is 10.7. The van der Waals surface area contributed by atoms with Crippen LogP contribution in [0.5, 0.6) is 0 Å². The van der Waals surface area contributed by atoms with Crippen LogP contribution in [-0.4, -0.2) is 15.9 Å². The van der Waals surface area contributed by atoms with E-state index in [0.29, 0.717) is 16.4 Å². The lowest BCUT2D eigenvalue weighted by molar-refractivity contribution is 0.0955. The largest absolute Gasteiger partial charge is 0.347 e. The Kier molecular flexibility index (Phi) is 4.46. The third-order valence-electron chi connectivity index (χ3n) is 3.00. The van der Waals surface area contributed by atoms with Crippen molar-refractivity contribution >= 4 is 28.8 Å². The summed E-state index contributed by atoms with van der Waals surface area (Å²) in [4.78, 5) is 20.9. The molecule has 0 saturated heterocycles. The molecule has 0 bridgehead atoms. The highest BCUT2D eigenvalue weighted by atomic mass is 35.5. The van der Waals surface area contributed by atoms with Gasteiger partial charge in [0.05, 0.1) is 0 Å². The highest BCUT2D eigenvalue weighted by Gasteiger charge is 2.17. The molecule has 0 spiro atoms. The molecule has 0 fully saturated rings. The van der Waals surface area contributed by atoms with Crippen LogP contribution in [-0.2, 0) is 6.54 Å². The molecule has 22 heavy (non-hydrogen) atoms. The molecule has 0 saturated carbocycles. The number of rotatable bonds is 4. The predicted molar refractivity (Wildman–Crippen MR) is 88.0 cm³/mol. The van der Waals surface area contributed by atoms with Crippen molar-refractivity contribution in [1.82, 2.24) is 15.3 Å². The molecule has 3 rings (SSSR count). The summed E-state index contributed by atoms with van der Waals surface area (Å²) in [7, 11) is 0. The van der Waals surface area contributed by atoms with Crippen molar-refractivity contribution in [2.75, 3.05) is 0 Å². The number of aromatic nitrogens is 2. The van der Waals surface area contributed by atoms with E-state index in [4.69, 9.17) is 11.6 Å². The van der Waals surface area contributed by atoms with Crippen molar-refractivity contribution in [2.24, 2.45) is 0 Å². The third kappa shape index (κ3) is 3.32. The zero-order valence-corrected chi connectivity index (χ0v) is 13.1. The SMILES string of the molecule is O=C(NCc1ccccc1)c1sc(-c2cccnc2)nc1Cl. The van der Waals surface area contributed by atoms with E-state index in [1.165, 1.54) is 11.3 Å². The summed E-state index contributed by atoms with van der Waals surface area (Å²) in [5.74, 6) is -0.221. The van der Waals surface area contributed by atoms with Gasteiger partial charge in [0, 0.05) is 24.5 Å². The number of hydrogen-bond acceptors (Lipinski definition) is 4. The van der Waals surface area contributed by atoms with Gasteiger partial charge in [0.15, 0.2) is 5.15 Å². The second kappa shape index (κ2) is 6.68. The van der Waals surface area contributed by atoms with Crippen molar-refractivity contribution < 1.29 is 4.79 Å². The highest BCUT2D eigenvalue weighted by molar-refractivity contribution is 7.17. The van der Waals surface area contributed by atoms with Gasteiger partial charge in [0.1, 0.15) is 9.88 Å². The Morgan fingerprint density at radius 1 is 1.18 bits per heavy atom. The summed E-state index contributed by atoms with van der Waals surface area (Å²) in [6.07, 6.45) is 3.38. The number of halogens is 1. The molecule has 2 heterocycles. The van der Waals surface area contributed by atoms with Crippen molar-refractivity contribution in [3.05, 3.63) is 70.5 Å². The van der Waals surface area contributed by atoms with Gasteiger partial charge in [-0.3, -0.25) is 9.78 Å². The smallest absolute Gasteiger partial charge is 0.264 e. The molecule has 2 aromatic heterocycles. The van der Waals surface area contributed by atoms with Crippen molar-refractivity contribution in [1.29, 1.82) is 0 Å². The molecule has 1 N–H and O–H groups in total. The number of pyridine rings is 1. The minimum atomic E-state index is -0.221. The lowest BCUT2D eigenvalue weighted by Crippen LogP contribution is -2.22. The van der Waals surface area contributed by atoms with E-state index in [0.717, 1.165) is 11.1 Å². The Bertz CT molecular complexity index is 775. The number of benzene rings is 1. The number of carbonyl (C=O) groups is 1. The Morgan fingerprint density at radius 2 is 2.00 bits per heavy atom. The van der Waals surface area contributed by atoms with Gasteiger partial charge in [-0.05, 0) is 17.7 Å². The van der Waals surface area contributed by atoms with Crippen molar-refractivity contribution in [3.63, 3.8) is 0 Å². The second-order valence-corrected chi connectivity index (χ2v) is 5.91. The van der Waals surface area contributed by atoms with E-state index in [1.807, 2.05) is 42.5 Å². The van der Waals surface area contributed by atoms with E-state index in [9.17, 15) is 4.79 Å². The molecule has 0 atom stereocenters. The van der Waals surface area contributed by atoms with Gasteiger partial charge in [0.25, 0.3) is 5.91 Å². The fraction of sp³-hybridized carbons (Fsp3) is 0.0625. The molecular weight excluding hydrogens is 318 g/mol. The van der Waals surface area contributed by atoms with Crippen LogP contribution in [0, 0.1) is 0 Å². The molecule has 1 aromatic carbocycles. The third-order valence-corrected chi connectivity index (χ3v) is 4.49. The van der Waals surface area contributed by atoms with Crippen LogP contribution in [0.2, 0.25) is 5.15 Å². The summed E-state index contributed by atoms with van der Waals surface area (Å²) < 4.78 is 0. The number of carbonyl (C=O) groups excluding carboxylic acids is 1. The number of hydrogen-bond donors (Lipinski definition) is 1. The zero-order chi connectivity index (χ0) is 15.4. The molecule has 0 aliphatic heterocycles. The summed E-state index contributed by atoms with van der Waals surface area (Å²) >= 11 is 7.35. The number of nitrogens with zero attached hydrogens (tertiary/aromatic N) is 2. The predicted octanol–water partition coefficient (Wildman–Crippen LogP) is 3.79. The van der Waals surface area contributed by atoms with E-state index in [2.05, 4.69) is 15.3 Å². The fourth-order valence-electron chi connectivity index (χ4n) is 1.91. The van der Waals surface area contributed by atoms with Crippen molar-refractivity contribution in [2.45, 2.75) is 6.54 Å². The summed E-state index contributed by atoms with van der Waals surface area (Å²) in [5, 5.41) is 3.75. The van der Waals surface area contributed by atoms with Crippen molar-refractivity contribution in [3.8, 4) is 10.6 Å². The molecule has 0 aliphatic rings.